The molecule has 0 spiro atoms. The number of pyridine rings is 1. The largest absolute Gasteiger partial charge is 0.329 e. The standard InChI is InChI=1S/C10H15BrN4O.ClH/c1-15(5-4-12)7-10(16)14-9-3-2-8(11)6-13-9;/h2-3,6H,4-5,7,12H2,1H3,(H,13,14,16);1H. The van der Waals surface area contributed by atoms with Gasteiger partial charge in [0.15, 0.2) is 0 Å². The zero-order valence-electron chi connectivity index (χ0n) is 9.52. The van der Waals surface area contributed by atoms with Crippen molar-refractivity contribution in [1.29, 1.82) is 0 Å². The first-order valence-corrected chi connectivity index (χ1v) is 5.71. The number of likely N-dealkylation sites (N-methyl/N-ethyl adjacent to an activating group) is 1. The number of amides is 1. The lowest BCUT2D eigenvalue weighted by Gasteiger charge is -2.14. The lowest BCUT2D eigenvalue weighted by molar-refractivity contribution is -0.117. The van der Waals surface area contributed by atoms with Gasteiger partial charge in [-0.3, -0.25) is 9.69 Å². The van der Waals surface area contributed by atoms with Crippen LogP contribution in [-0.2, 0) is 4.79 Å². The highest BCUT2D eigenvalue weighted by molar-refractivity contribution is 9.10. The van der Waals surface area contributed by atoms with Gasteiger partial charge < -0.3 is 11.1 Å². The van der Waals surface area contributed by atoms with Crippen molar-refractivity contribution in [3.05, 3.63) is 22.8 Å². The highest BCUT2D eigenvalue weighted by Crippen LogP contribution is 2.10. The molecular weight excluding hydrogens is 307 g/mol. The summed E-state index contributed by atoms with van der Waals surface area (Å²) in [5, 5.41) is 2.71. The fourth-order valence-electron chi connectivity index (χ4n) is 1.18. The first kappa shape index (κ1) is 16.3. The molecule has 0 aliphatic rings. The van der Waals surface area contributed by atoms with Crippen molar-refractivity contribution in [1.82, 2.24) is 9.88 Å². The van der Waals surface area contributed by atoms with Gasteiger partial charge in [-0.25, -0.2) is 4.98 Å². The summed E-state index contributed by atoms with van der Waals surface area (Å²) in [4.78, 5) is 17.4. The van der Waals surface area contributed by atoms with Crippen molar-refractivity contribution in [2.45, 2.75) is 0 Å². The number of carbonyl (C=O) groups excluding carboxylic acids is 1. The average Bonchev–Trinajstić information content (AvgIpc) is 2.21. The Kier molecular flexibility index (Phi) is 8.07. The molecule has 0 atom stereocenters. The van der Waals surface area contributed by atoms with E-state index >= 15 is 0 Å². The van der Waals surface area contributed by atoms with E-state index in [9.17, 15) is 4.79 Å². The number of nitrogens with zero attached hydrogens (tertiary/aromatic N) is 2. The van der Waals surface area contributed by atoms with Gasteiger partial charge in [-0.15, -0.1) is 12.4 Å². The van der Waals surface area contributed by atoms with Gasteiger partial charge in [0, 0.05) is 23.8 Å². The summed E-state index contributed by atoms with van der Waals surface area (Å²) < 4.78 is 0.880. The van der Waals surface area contributed by atoms with Gasteiger partial charge in [-0.2, -0.15) is 0 Å². The monoisotopic (exact) mass is 322 g/mol. The third-order valence-corrected chi connectivity index (χ3v) is 2.39. The zero-order chi connectivity index (χ0) is 12.0. The van der Waals surface area contributed by atoms with E-state index < -0.39 is 0 Å². The van der Waals surface area contributed by atoms with E-state index in [1.165, 1.54) is 0 Å². The van der Waals surface area contributed by atoms with Gasteiger partial charge in [-0.1, -0.05) is 0 Å². The minimum absolute atomic E-state index is 0. The van der Waals surface area contributed by atoms with Crippen molar-refractivity contribution in [2.24, 2.45) is 5.73 Å². The van der Waals surface area contributed by atoms with Gasteiger partial charge in [0.25, 0.3) is 0 Å². The molecule has 96 valence electrons. The van der Waals surface area contributed by atoms with Crippen LogP contribution in [0.4, 0.5) is 5.82 Å². The van der Waals surface area contributed by atoms with Crippen LogP contribution in [0.5, 0.6) is 0 Å². The fourth-order valence-corrected chi connectivity index (χ4v) is 1.41. The van der Waals surface area contributed by atoms with Crippen LogP contribution in [0.3, 0.4) is 0 Å². The van der Waals surface area contributed by atoms with E-state index in [0.717, 1.165) is 4.47 Å². The molecule has 0 fully saturated rings. The Balaban J connectivity index is 0.00000256. The van der Waals surface area contributed by atoms with Crippen molar-refractivity contribution in [3.8, 4) is 0 Å². The molecule has 17 heavy (non-hydrogen) atoms. The number of nitrogens with one attached hydrogen (secondary N) is 1. The van der Waals surface area contributed by atoms with E-state index in [1.54, 1.807) is 12.3 Å². The third-order valence-electron chi connectivity index (χ3n) is 1.92. The Hall–Kier alpha value is -0.690. The molecule has 0 radical (unpaired) electrons. The Labute approximate surface area is 115 Å². The van der Waals surface area contributed by atoms with Crippen molar-refractivity contribution in [3.63, 3.8) is 0 Å². The number of nitrogens with two attached hydrogens (primary N) is 1. The molecule has 1 amide bonds. The number of carbonyl (C=O) groups is 1. The third kappa shape index (κ3) is 6.58. The Morgan fingerprint density at radius 1 is 1.59 bits per heavy atom. The van der Waals surface area contributed by atoms with E-state index in [0.29, 0.717) is 25.5 Å². The lowest BCUT2D eigenvalue weighted by atomic mass is 10.4. The summed E-state index contributed by atoms with van der Waals surface area (Å²) in [7, 11) is 1.85. The van der Waals surface area contributed by atoms with Crippen LogP contribution in [0.2, 0.25) is 0 Å². The Bertz CT molecular complexity index is 347. The van der Waals surface area contributed by atoms with Crippen molar-refractivity contribution in [2.75, 3.05) is 32.0 Å². The predicted molar refractivity (Wildman–Crippen MR) is 74.4 cm³/mol. The average molecular weight is 324 g/mol. The molecule has 5 nitrogen and oxygen atoms in total. The summed E-state index contributed by atoms with van der Waals surface area (Å²) in [6, 6.07) is 3.57. The van der Waals surface area contributed by atoms with Gasteiger partial charge in [0.1, 0.15) is 5.82 Å². The second-order valence-corrected chi connectivity index (χ2v) is 4.35. The fraction of sp³-hybridized carbons (Fsp3) is 0.400. The van der Waals surface area contributed by atoms with Crippen LogP contribution in [0, 0.1) is 0 Å². The van der Waals surface area contributed by atoms with E-state index in [1.807, 2.05) is 18.0 Å². The summed E-state index contributed by atoms with van der Waals surface area (Å²) in [5.74, 6) is 0.458. The summed E-state index contributed by atoms with van der Waals surface area (Å²) in [5.41, 5.74) is 5.38. The Morgan fingerprint density at radius 3 is 2.82 bits per heavy atom. The number of hydrogen-bond donors (Lipinski definition) is 2. The summed E-state index contributed by atoms with van der Waals surface area (Å²) in [6.45, 7) is 1.55. The molecule has 0 saturated carbocycles. The quantitative estimate of drug-likeness (QED) is 0.851. The van der Waals surface area contributed by atoms with Crippen LogP contribution in [0.1, 0.15) is 0 Å². The second kappa shape index (κ2) is 8.41. The van der Waals surface area contributed by atoms with Gasteiger partial charge in [0.2, 0.25) is 5.91 Å². The zero-order valence-corrected chi connectivity index (χ0v) is 11.9. The van der Waals surface area contributed by atoms with Crippen molar-refractivity contribution >= 4 is 40.1 Å². The van der Waals surface area contributed by atoms with Crippen LogP contribution in [0.15, 0.2) is 22.8 Å². The number of aromatic nitrogens is 1. The summed E-state index contributed by atoms with van der Waals surface area (Å²) >= 11 is 3.28. The van der Waals surface area contributed by atoms with Gasteiger partial charge in [0.05, 0.1) is 6.54 Å². The van der Waals surface area contributed by atoms with E-state index in [-0.39, 0.29) is 18.3 Å². The number of anilines is 1. The normalized spacial score (nSPS) is 9.88. The van der Waals surface area contributed by atoms with Gasteiger partial charge >= 0.3 is 0 Å². The maximum absolute atomic E-state index is 11.5. The van der Waals surface area contributed by atoms with Gasteiger partial charge in [-0.05, 0) is 35.1 Å². The van der Waals surface area contributed by atoms with Crippen LogP contribution < -0.4 is 11.1 Å². The minimum atomic E-state index is -0.0919. The molecule has 0 unspecified atom stereocenters. The van der Waals surface area contributed by atoms with Crippen LogP contribution in [0.25, 0.3) is 0 Å². The number of hydrogen-bond acceptors (Lipinski definition) is 4. The second-order valence-electron chi connectivity index (χ2n) is 3.44. The van der Waals surface area contributed by atoms with E-state index in [2.05, 4.69) is 26.2 Å². The molecule has 1 aromatic heterocycles. The lowest BCUT2D eigenvalue weighted by Crippen LogP contribution is -2.33. The van der Waals surface area contributed by atoms with Crippen LogP contribution >= 0.6 is 28.3 Å². The molecule has 0 bridgehead atoms. The maximum Gasteiger partial charge on any atom is 0.239 e. The molecule has 0 aliphatic heterocycles. The summed E-state index contributed by atoms with van der Waals surface area (Å²) in [6.07, 6.45) is 1.64. The smallest absolute Gasteiger partial charge is 0.239 e. The molecule has 1 rings (SSSR count). The molecular formula is C10H16BrClN4O. The molecule has 0 saturated heterocycles. The first-order valence-electron chi connectivity index (χ1n) is 4.92. The molecule has 3 N–H and O–H groups in total. The molecule has 0 aliphatic carbocycles. The van der Waals surface area contributed by atoms with Crippen molar-refractivity contribution < 1.29 is 4.79 Å². The molecule has 0 aromatic carbocycles. The van der Waals surface area contributed by atoms with Crippen LogP contribution in [-0.4, -0.2) is 42.5 Å². The topological polar surface area (TPSA) is 71.2 Å². The van der Waals surface area contributed by atoms with E-state index in [4.69, 9.17) is 5.73 Å². The molecule has 7 heteroatoms. The molecule has 1 heterocycles. The molecule has 1 aromatic rings. The number of halogens is 2. The SMILES string of the molecule is CN(CCN)CC(=O)Nc1ccc(Br)cn1.Cl. The number of rotatable bonds is 5. The minimum Gasteiger partial charge on any atom is -0.329 e. The highest BCUT2D eigenvalue weighted by atomic mass is 79.9. The Morgan fingerprint density at radius 2 is 2.29 bits per heavy atom. The highest BCUT2D eigenvalue weighted by Gasteiger charge is 2.06. The maximum atomic E-state index is 11.5. The first-order chi connectivity index (χ1) is 7.61. The predicted octanol–water partition coefficient (Wildman–Crippen LogP) is 1.09.